The molecule has 378 valence electrons. The van der Waals surface area contributed by atoms with Gasteiger partial charge < -0.3 is 29.1 Å². The van der Waals surface area contributed by atoms with Gasteiger partial charge in [-0.1, -0.05) is 158 Å². The van der Waals surface area contributed by atoms with Crippen molar-refractivity contribution in [3.63, 3.8) is 0 Å². The molecule has 0 aliphatic carbocycles. The van der Waals surface area contributed by atoms with E-state index in [1.165, 1.54) is 131 Å². The number of rotatable bonds is 2. The SMILES string of the molecule is c1ccc(N2c3cc4sc5cc6c(cc5c4cc3B3c4ccccc4N4c5ccccc5B5c7ccccc7Oc7cc2c3c4c75)B2c3ccccc3N3c4ccccc4B4c5ccccc5Oc5cc(c2c3c54)N6c2ccccc2)cc1. The second-order valence-electron chi connectivity index (χ2n) is 23.3. The standard InChI is InChI=1S/C72H40B4N4O2S/c1-3-19-41(20-4-1)77-57-39-65-43(35-51(57)75-47-25-9-15-31-55(47)79-53-29-13-7-23-45(53)73-49-27-11-17-33-61(49)81-63-37-59(77)67(75)71(79)69(63)73)44-36-52-58(40-66(44)83-65)78(42-21-5-2-6-22-42)60-38-64-70-72-68(60)76(52)48-26-10-16-32-56(48)80(72)54-30-14-8-24-46(54)74(70)50-28-12-18-34-62(50)82-64/h1-40H. The Morgan fingerprint density at radius 2 is 0.590 bits per heavy atom. The Balaban J connectivity index is 0.850. The van der Waals surface area contributed by atoms with Gasteiger partial charge in [0.1, 0.15) is 23.0 Å². The third-order valence-electron chi connectivity index (χ3n) is 19.5. The molecule has 0 unspecified atom stereocenters. The van der Waals surface area contributed by atoms with Gasteiger partial charge in [-0.3, -0.25) is 0 Å². The van der Waals surface area contributed by atoms with Gasteiger partial charge in [0.05, 0.1) is 0 Å². The third kappa shape index (κ3) is 5.37. The predicted octanol–water partition coefficient (Wildman–Crippen LogP) is 10.1. The van der Waals surface area contributed by atoms with Crippen molar-refractivity contribution in [2.24, 2.45) is 0 Å². The number of anilines is 12. The van der Waals surface area contributed by atoms with Crippen molar-refractivity contribution in [3.8, 4) is 23.0 Å². The molecule has 0 spiro atoms. The van der Waals surface area contributed by atoms with E-state index < -0.39 is 0 Å². The molecule has 0 fully saturated rings. The van der Waals surface area contributed by atoms with Crippen LogP contribution in [0.2, 0.25) is 0 Å². The first-order valence-electron chi connectivity index (χ1n) is 28.9. The minimum absolute atomic E-state index is 0.0104. The van der Waals surface area contributed by atoms with Crippen molar-refractivity contribution < 1.29 is 9.47 Å². The summed E-state index contributed by atoms with van der Waals surface area (Å²) in [5, 5.41) is 2.56. The van der Waals surface area contributed by atoms with Gasteiger partial charge in [0.2, 0.25) is 0 Å². The lowest BCUT2D eigenvalue weighted by Crippen LogP contribution is -2.68. The lowest BCUT2D eigenvalue weighted by molar-refractivity contribution is 0.487. The minimum atomic E-state index is -0.0631. The van der Waals surface area contributed by atoms with Crippen LogP contribution in [0.5, 0.6) is 23.0 Å². The van der Waals surface area contributed by atoms with Crippen molar-refractivity contribution in [2.45, 2.75) is 0 Å². The van der Waals surface area contributed by atoms with Crippen molar-refractivity contribution in [2.75, 3.05) is 19.6 Å². The fraction of sp³-hybridized carbons (Fsp3) is 0. The zero-order chi connectivity index (χ0) is 53.5. The van der Waals surface area contributed by atoms with Crippen LogP contribution in [-0.2, 0) is 0 Å². The van der Waals surface area contributed by atoms with Gasteiger partial charge in [-0.2, -0.15) is 0 Å². The van der Waals surface area contributed by atoms with Crippen molar-refractivity contribution in [3.05, 3.63) is 243 Å². The van der Waals surface area contributed by atoms with Crippen molar-refractivity contribution >= 4 is 192 Å². The van der Waals surface area contributed by atoms with Crippen LogP contribution in [0.4, 0.5) is 68.2 Å². The molecule has 0 saturated heterocycles. The van der Waals surface area contributed by atoms with Gasteiger partial charge in [-0.15, -0.1) is 11.3 Å². The Morgan fingerprint density at radius 1 is 0.253 bits per heavy atom. The number of hydrogen-bond acceptors (Lipinski definition) is 7. The summed E-state index contributed by atoms with van der Waals surface area (Å²) >= 11 is 1.90. The summed E-state index contributed by atoms with van der Waals surface area (Å²) in [7, 11) is 0. The third-order valence-corrected chi connectivity index (χ3v) is 20.6. The second kappa shape index (κ2) is 15.5. The molecule has 0 amide bonds. The second-order valence-corrected chi connectivity index (χ2v) is 24.4. The number of benzene rings is 12. The average Bonchev–Trinajstić information content (AvgIpc) is 1.64. The summed E-state index contributed by atoms with van der Waals surface area (Å²) < 4.78 is 16.8. The average molecular weight is 1070 g/mol. The quantitative estimate of drug-likeness (QED) is 0.161. The lowest BCUT2D eigenvalue weighted by atomic mass is 9.29. The fourth-order valence-electron chi connectivity index (χ4n) is 16.4. The van der Waals surface area contributed by atoms with E-state index in [2.05, 4.69) is 262 Å². The molecule has 83 heavy (non-hydrogen) atoms. The highest BCUT2D eigenvalue weighted by Gasteiger charge is 2.53. The Morgan fingerprint density at radius 3 is 0.988 bits per heavy atom. The zero-order valence-electron chi connectivity index (χ0n) is 44.4. The normalized spacial score (nSPS) is 14.7. The molecule has 0 bridgehead atoms. The van der Waals surface area contributed by atoms with Gasteiger partial charge >= 0.3 is 0 Å². The van der Waals surface area contributed by atoms with Gasteiger partial charge in [-0.25, -0.2) is 0 Å². The number of hydrogen-bond donors (Lipinski definition) is 0. The smallest absolute Gasteiger partial charge is 0.256 e. The molecular formula is C72H40B4N4O2S. The van der Waals surface area contributed by atoms with Crippen LogP contribution >= 0.6 is 11.3 Å². The first-order chi connectivity index (χ1) is 41.2. The molecule has 0 radical (unpaired) electrons. The lowest BCUT2D eigenvalue weighted by Gasteiger charge is -2.49. The molecule has 21 rings (SSSR count). The number of thiophene rings is 1. The largest absolute Gasteiger partial charge is 0.458 e. The maximum Gasteiger partial charge on any atom is 0.256 e. The summed E-state index contributed by atoms with van der Waals surface area (Å²) in [5.74, 6) is 3.67. The summed E-state index contributed by atoms with van der Waals surface area (Å²) in [6, 6.07) is 90.8. The summed E-state index contributed by atoms with van der Waals surface area (Å²) in [6.07, 6.45) is 0. The van der Waals surface area contributed by atoms with Crippen molar-refractivity contribution in [1.29, 1.82) is 0 Å². The van der Waals surface area contributed by atoms with Crippen LogP contribution < -0.4 is 94.6 Å². The number of fused-ring (bicyclic) bond motifs is 23. The van der Waals surface area contributed by atoms with E-state index in [0.29, 0.717) is 0 Å². The molecule has 0 N–H and O–H groups in total. The summed E-state index contributed by atoms with van der Waals surface area (Å²) in [6.45, 7) is -0.105. The molecule has 12 aromatic carbocycles. The highest BCUT2D eigenvalue weighted by molar-refractivity contribution is 7.26. The van der Waals surface area contributed by atoms with E-state index in [-0.39, 0.29) is 26.9 Å². The molecule has 11 heteroatoms. The van der Waals surface area contributed by atoms with Gasteiger partial charge in [0.15, 0.2) is 0 Å². The monoisotopic (exact) mass is 1070 g/mol. The van der Waals surface area contributed by atoms with Crippen LogP contribution in [-0.4, -0.2) is 26.9 Å². The molecule has 1 aromatic heterocycles. The molecule has 8 aliphatic heterocycles. The van der Waals surface area contributed by atoms with E-state index >= 15 is 0 Å². The van der Waals surface area contributed by atoms with Crippen LogP contribution in [0.25, 0.3) is 20.2 Å². The van der Waals surface area contributed by atoms with E-state index in [4.69, 9.17) is 9.47 Å². The first-order valence-corrected chi connectivity index (χ1v) is 29.7. The molecule has 0 saturated carbocycles. The highest BCUT2D eigenvalue weighted by atomic mass is 32.1. The van der Waals surface area contributed by atoms with Crippen LogP contribution in [0.1, 0.15) is 0 Å². The van der Waals surface area contributed by atoms with Crippen molar-refractivity contribution in [1.82, 2.24) is 0 Å². The zero-order valence-corrected chi connectivity index (χ0v) is 45.2. The molecule has 8 aliphatic rings. The number of nitrogens with zero attached hydrogens (tertiary/aromatic N) is 4. The predicted molar refractivity (Wildman–Crippen MR) is 350 cm³/mol. The van der Waals surface area contributed by atoms with E-state index in [0.717, 1.165) is 45.7 Å². The maximum atomic E-state index is 7.16. The van der Waals surface area contributed by atoms with Crippen LogP contribution in [0, 0.1) is 0 Å². The van der Waals surface area contributed by atoms with E-state index in [1.807, 2.05) is 11.3 Å². The summed E-state index contributed by atoms with van der Waals surface area (Å²) in [4.78, 5) is 10.2. The molecule has 6 nitrogen and oxygen atoms in total. The van der Waals surface area contributed by atoms with E-state index in [1.54, 1.807) is 0 Å². The maximum absolute atomic E-state index is 7.16. The Hall–Kier alpha value is -10.1. The van der Waals surface area contributed by atoms with Gasteiger partial charge in [0.25, 0.3) is 26.9 Å². The van der Waals surface area contributed by atoms with Crippen LogP contribution in [0.15, 0.2) is 243 Å². The van der Waals surface area contributed by atoms with Crippen LogP contribution in [0.3, 0.4) is 0 Å². The first kappa shape index (κ1) is 43.7. The molecular weight excluding hydrogens is 1030 g/mol. The van der Waals surface area contributed by atoms with Gasteiger partial charge in [-0.05, 0) is 149 Å². The Kier molecular flexibility index (Phi) is 8.14. The Labute approximate surface area is 484 Å². The highest BCUT2D eigenvalue weighted by Crippen LogP contribution is 2.52. The fourth-order valence-corrected chi connectivity index (χ4v) is 17.6. The molecule has 13 aromatic rings. The minimum Gasteiger partial charge on any atom is -0.458 e. The molecule has 0 atom stereocenters. The summed E-state index contributed by atoms with van der Waals surface area (Å²) in [5.41, 5.74) is 29.6. The molecule has 9 heterocycles. The van der Waals surface area contributed by atoms with E-state index in [9.17, 15) is 0 Å². The Bertz CT molecular complexity index is 4830. The number of para-hydroxylation sites is 8. The number of ether oxygens (including phenoxy) is 2. The van der Waals surface area contributed by atoms with Gasteiger partial charge in [0, 0.05) is 89.8 Å². The topological polar surface area (TPSA) is 31.4 Å².